The van der Waals surface area contributed by atoms with Crippen LogP contribution in [0.15, 0.2) is 12.3 Å². The number of hydrogen-bond donors (Lipinski definition) is 0. The van der Waals surface area contributed by atoms with E-state index in [9.17, 15) is 4.79 Å². The summed E-state index contributed by atoms with van der Waals surface area (Å²) in [6.07, 6.45) is 7.41. The summed E-state index contributed by atoms with van der Waals surface area (Å²) >= 11 is 0. The molecule has 0 aliphatic carbocycles. The van der Waals surface area contributed by atoms with Gasteiger partial charge in [-0.15, -0.1) is 6.07 Å². The maximum Gasteiger partial charge on any atom is 0.119 e. The molecule has 1 heterocycles. The number of rotatable bonds is 4. The molecule has 0 N–H and O–H groups in total. The van der Waals surface area contributed by atoms with Crippen molar-refractivity contribution in [2.24, 2.45) is 0 Å². The molecule has 3 nitrogen and oxygen atoms in total. The number of hydrogen-bond acceptors (Lipinski definition) is 3. The zero-order chi connectivity index (χ0) is 7.94. The van der Waals surface area contributed by atoms with Crippen LogP contribution in [-0.4, -0.2) is 16.3 Å². The molecular formula is C8H9N2OY-. The molecule has 0 aromatic carbocycles. The Morgan fingerprint density at radius 2 is 2.42 bits per heavy atom. The van der Waals surface area contributed by atoms with Crippen LogP contribution in [0.3, 0.4) is 0 Å². The number of carbonyl (C=O) groups excluding carboxylic acids is 1. The fourth-order valence-electron chi connectivity index (χ4n) is 0.761. The van der Waals surface area contributed by atoms with Crippen LogP contribution < -0.4 is 0 Å². The van der Waals surface area contributed by atoms with Crippen molar-refractivity contribution in [2.45, 2.75) is 19.3 Å². The van der Waals surface area contributed by atoms with E-state index in [4.69, 9.17) is 0 Å². The van der Waals surface area contributed by atoms with Crippen molar-refractivity contribution in [2.75, 3.05) is 0 Å². The Balaban J connectivity index is 0.00000121. The fraction of sp³-hybridized carbons (Fsp3) is 0.375. The number of aromatic nitrogens is 2. The topological polar surface area (TPSA) is 42.9 Å². The van der Waals surface area contributed by atoms with Crippen molar-refractivity contribution in [3.63, 3.8) is 0 Å². The minimum absolute atomic E-state index is 0. The normalized spacial score (nSPS) is 8.67. The fourth-order valence-corrected chi connectivity index (χ4v) is 0.761. The molecule has 0 saturated carbocycles. The summed E-state index contributed by atoms with van der Waals surface area (Å²) in [5.74, 6) is 0.759. The van der Waals surface area contributed by atoms with Crippen LogP contribution in [-0.2, 0) is 43.9 Å². The van der Waals surface area contributed by atoms with Crippen molar-refractivity contribution < 1.29 is 37.5 Å². The first kappa shape index (κ1) is 11.9. The van der Waals surface area contributed by atoms with Crippen molar-refractivity contribution in [3.8, 4) is 0 Å². The minimum Gasteiger partial charge on any atom is -0.373 e. The molecule has 1 aromatic rings. The molecule has 0 aliphatic rings. The molecule has 0 unspecified atom stereocenters. The summed E-state index contributed by atoms with van der Waals surface area (Å²) < 4.78 is 0. The third-order valence-electron chi connectivity index (χ3n) is 1.29. The van der Waals surface area contributed by atoms with Crippen molar-refractivity contribution in [3.05, 3.63) is 24.3 Å². The van der Waals surface area contributed by atoms with E-state index >= 15 is 0 Å². The quantitative estimate of drug-likeness (QED) is 0.442. The van der Waals surface area contributed by atoms with Gasteiger partial charge in [-0.05, 0) is 6.42 Å². The number of nitrogens with zero attached hydrogens (tertiary/aromatic N) is 2. The van der Waals surface area contributed by atoms with Crippen LogP contribution in [0, 0.1) is 6.20 Å². The largest absolute Gasteiger partial charge is 0.373 e. The Bertz CT molecular complexity index is 216. The second-order valence-electron chi connectivity index (χ2n) is 2.16. The molecule has 0 bridgehead atoms. The van der Waals surface area contributed by atoms with Crippen molar-refractivity contribution in [1.29, 1.82) is 0 Å². The van der Waals surface area contributed by atoms with Gasteiger partial charge in [-0.3, -0.25) is 0 Å². The van der Waals surface area contributed by atoms with E-state index in [1.54, 1.807) is 12.3 Å². The summed E-state index contributed by atoms with van der Waals surface area (Å²) in [5, 5.41) is 0. The Morgan fingerprint density at radius 1 is 1.58 bits per heavy atom. The molecule has 0 saturated heterocycles. The van der Waals surface area contributed by atoms with Gasteiger partial charge in [0.1, 0.15) is 6.29 Å². The average molecular weight is 238 g/mol. The maximum absolute atomic E-state index is 9.95. The zero-order valence-electron chi connectivity index (χ0n) is 6.73. The van der Waals surface area contributed by atoms with Crippen LogP contribution in [0.4, 0.5) is 0 Å². The summed E-state index contributed by atoms with van der Waals surface area (Å²) in [4.78, 5) is 17.8. The van der Waals surface area contributed by atoms with E-state index in [2.05, 4.69) is 16.2 Å². The predicted molar refractivity (Wildman–Crippen MR) is 39.9 cm³/mol. The molecule has 1 aromatic heterocycles. The Morgan fingerprint density at radius 3 is 3.00 bits per heavy atom. The number of aryl methyl sites for hydroxylation is 1. The number of carbonyl (C=O) groups is 1. The van der Waals surface area contributed by atoms with Gasteiger partial charge < -0.3 is 14.8 Å². The molecule has 4 heteroatoms. The molecule has 12 heavy (non-hydrogen) atoms. The van der Waals surface area contributed by atoms with Crippen LogP contribution in [0.5, 0.6) is 0 Å². The third-order valence-corrected chi connectivity index (χ3v) is 1.29. The Hall–Kier alpha value is -0.146. The van der Waals surface area contributed by atoms with Gasteiger partial charge in [0.2, 0.25) is 0 Å². The second-order valence-corrected chi connectivity index (χ2v) is 2.16. The summed E-state index contributed by atoms with van der Waals surface area (Å²) in [5.41, 5.74) is 0. The standard InChI is InChI=1S/C8H9N2O.Y/c11-7-2-1-4-8-9-5-3-6-10-8;/h3,5,7H,1-2,4H2;/q-1;. The molecule has 0 aliphatic heterocycles. The molecule has 0 atom stereocenters. The van der Waals surface area contributed by atoms with Gasteiger partial charge in [-0.2, -0.15) is 0 Å². The van der Waals surface area contributed by atoms with Gasteiger partial charge in [-0.25, -0.2) is 0 Å². The van der Waals surface area contributed by atoms with Gasteiger partial charge in [0, 0.05) is 45.0 Å². The monoisotopic (exact) mass is 238 g/mol. The van der Waals surface area contributed by atoms with E-state index in [1.165, 1.54) is 0 Å². The van der Waals surface area contributed by atoms with E-state index in [0.717, 1.165) is 25.0 Å². The van der Waals surface area contributed by atoms with Gasteiger partial charge >= 0.3 is 0 Å². The Labute approximate surface area is 96.9 Å². The molecule has 0 spiro atoms. The van der Waals surface area contributed by atoms with E-state index in [1.807, 2.05) is 0 Å². The summed E-state index contributed by atoms with van der Waals surface area (Å²) in [6, 6.07) is 1.66. The molecule has 61 valence electrons. The van der Waals surface area contributed by atoms with Crippen LogP contribution in [0.25, 0.3) is 0 Å². The van der Waals surface area contributed by atoms with Crippen molar-refractivity contribution >= 4 is 6.29 Å². The molecular weight excluding hydrogens is 229 g/mol. The SMILES string of the molecule is O=CCCCc1n[c-]ccn1.[Y]. The molecule has 0 fully saturated rings. The van der Waals surface area contributed by atoms with E-state index in [-0.39, 0.29) is 32.7 Å². The van der Waals surface area contributed by atoms with E-state index in [0.29, 0.717) is 6.42 Å². The number of aldehydes is 1. The second kappa shape index (κ2) is 7.50. The maximum atomic E-state index is 9.95. The van der Waals surface area contributed by atoms with Gasteiger partial charge in [0.25, 0.3) is 0 Å². The third kappa shape index (κ3) is 4.68. The van der Waals surface area contributed by atoms with Crippen LogP contribution >= 0.6 is 0 Å². The van der Waals surface area contributed by atoms with E-state index < -0.39 is 0 Å². The van der Waals surface area contributed by atoms with Crippen molar-refractivity contribution in [1.82, 2.24) is 9.97 Å². The number of unbranched alkanes of at least 4 members (excludes halogenated alkanes) is 1. The minimum atomic E-state index is 0. The smallest absolute Gasteiger partial charge is 0.119 e. The average Bonchev–Trinajstić information content (AvgIpc) is 2.07. The predicted octanol–water partition coefficient (Wildman–Crippen LogP) is 0.796. The summed E-state index contributed by atoms with van der Waals surface area (Å²) in [6.45, 7) is 0. The van der Waals surface area contributed by atoms with Gasteiger partial charge in [-0.1, -0.05) is 18.8 Å². The Kier molecular flexibility index (Phi) is 7.41. The molecule has 0 amide bonds. The first-order chi connectivity index (χ1) is 5.43. The van der Waals surface area contributed by atoms with Crippen LogP contribution in [0.1, 0.15) is 18.7 Å². The van der Waals surface area contributed by atoms with Crippen LogP contribution in [0.2, 0.25) is 0 Å². The first-order valence-electron chi connectivity index (χ1n) is 3.55. The molecule has 1 radical (unpaired) electrons. The molecule has 1 rings (SSSR count). The first-order valence-corrected chi connectivity index (χ1v) is 3.55. The van der Waals surface area contributed by atoms with Gasteiger partial charge in [0.05, 0.1) is 0 Å². The van der Waals surface area contributed by atoms with Gasteiger partial charge in [0.15, 0.2) is 0 Å². The summed E-state index contributed by atoms with van der Waals surface area (Å²) in [7, 11) is 0. The zero-order valence-corrected chi connectivity index (χ0v) is 9.57.